The van der Waals surface area contributed by atoms with E-state index in [4.69, 9.17) is 16.3 Å². The molecule has 1 aliphatic rings. The van der Waals surface area contributed by atoms with E-state index in [9.17, 15) is 4.79 Å². The highest BCUT2D eigenvalue weighted by atomic mass is 79.9. The number of anilines is 1. The molecule has 1 unspecified atom stereocenters. The van der Waals surface area contributed by atoms with E-state index in [1.54, 1.807) is 25.3 Å². The van der Waals surface area contributed by atoms with Crippen LogP contribution in [-0.4, -0.2) is 36.5 Å². The van der Waals surface area contributed by atoms with Crippen LogP contribution in [0.15, 0.2) is 23.2 Å². The van der Waals surface area contributed by atoms with Crippen LogP contribution >= 0.6 is 40.3 Å². The van der Waals surface area contributed by atoms with Crippen molar-refractivity contribution in [1.82, 2.24) is 5.32 Å². The molecule has 1 heterocycles. The molecule has 0 saturated heterocycles. The Labute approximate surface area is 143 Å². The zero-order valence-corrected chi connectivity index (χ0v) is 15.0. The largest absolute Gasteiger partial charge is 0.495 e. The average Bonchev–Trinajstić information content (AvgIpc) is 2.91. The summed E-state index contributed by atoms with van der Waals surface area (Å²) in [6, 6.07) is 5.14. The number of amides is 1. The average molecular weight is 395 g/mol. The standard InChI is InChI=1S/C13H16ClN3O2S.BrH/c1-8(20-13-15-5-6-16-13)12(18)17-9-3-4-11(19-2)10(14)7-9;/h3-4,7-8H,5-6H2,1-2H3,(H,15,16)(H,17,18);1H. The molecule has 1 aliphatic heterocycles. The number of hydrogen-bond acceptors (Lipinski definition) is 5. The van der Waals surface area contributed by atoms with Crippen molar-refractivity contribution in [3.05, 3.63) is 23.2 Å². The number of rotatable bonds is 4. The van der Waals surface area contributed by atoms with Crippen LogP contribution in [0.25, 0.3) is 0 Å². The van der Waals surface area contributed by atoms with E-state index in [1.807, 2.05) is 6.92 Å². The van der Waals surface area contributed by atoms with Gasteiger partial charge in [0.2, 0.25) is 5.91 Å². The van der Waals surface area contributed by atoms with Crippen LogP contribution in [0, 0.1) is 0 Å². The van der Waals surface area contributed by atoms with E-state index in [-0.39, 0.29) is 28.1 Å². The monoisotopic (exact) mass is 393 g/mol. The summed E-state index contributed by atoms with van der Waals surface area (Å²) in [6.45, 7) is 3.45. The fourth-order valence-corrected chi connectivity index (χ4v) is 2.77. The molecule has 0 aliphatic carbocycles. The highest BCUT2D eigenvalue weighted by Gasteiger charge is 2.18. The van der Waals surface area contributed by atoms with E-state index in [0.29, 0.717) is 16.5 Å². The van der Waals surface area contributed by atoms with Gasteiger partial charge >= 0.3 is 0 Å². The first kappa shape index (κ1) is 18.1. The third-order valence-electron chi connectivity index (χ3n) is 2.72. The van der Waals surface area contributed by atoms with Crippen LogP contribution in [0.5, 0.6) is 5.75 Å². The number of amidine groups is 1. The van der Waals surface area contributed by atoms with Crippen LogP contribution in [0.1, 0.15) is 6.92 Å². The minimum Gasteiger partial charge on any atom is -0.495 e. The molecule has 1 amide bonds. The number of hydrogen-bond donors (Lipinski definition) is 2. The Morgan fingerprint density at radius 1 is 1.57 bits per heavy atom. The molecule has 5 nitrogen and oxygen atoms in total. The highest BCUT2D eigenvalue weighted by molar-refractivity contribution is 8.93. The first-order chi connectivity index (χ1) is 9.60. The van der Waals surface area contributed by atoms with Crippen molar-refractivity contribution in [3.63, 3.8) is 0 Å². The van der Waals surface area contributed by atoms with Gasteiger partial charge in [-0.05, 0) is 25.1 Å². The molecule has 0 bridgehead atoms. The van der Waals surface area contributed by atoms with Gasteiger partial charge in [-0.3, -0.25) is 9.79 Å². The Hall–Kier alpha value is -0.920. The minimum absolute atomic E-state index is 0. The maximum absolute atomic E-state index is 12.1. The third-order valence-corrected chi connectivity index (χ3v) is 4.08. The lowest BCUT2D eigenvalue weighted by Gasteiger charge is -2.12. The second kappa shape index (κ2) is 8.51. The molecule has 0 spiro atoms. The van der Waals surface area contributed by atoms with Crippen molar-refractivity contribution in [2.75, 3.05) is 25.5 Å². The minimum atomic E-state index is -0.236. The van der Waals surface area contributed by atoms with Gasteiger partial charge in [0.15, 0.2) is 5.17 Å². The first-order valence-corrected chi connectivity index (χ1v) is 7.45. The molecule has 0 fully saturated rings. The van der Waals surface area contributed by atoms with Gasteiger partial charge in [-0.25, -0.2) is 0 Å². The Morgan fingerprint density at radius 2 is 2.33 bits per heavy atom. The zero-order valence-electron chi connectivity index (χ0n) is 11.7. The summed E-state index contributed by atoms with van der Waals surface area (Å²) in [6.07, 6.45) is 0. The number of carbonyl (C=O) groups is 1. The zero-order chi connectivity index (χ0) is 14.5. The maximum Gasteiger partial charge on any atom is 0.237 e. The molecule has 0 saturated carbocycles. The summed E-state index contributed by atoms with van der Waals surface area (Å²) >= 11 is 7.43. The summed E-state index contributed by atoms with van der Waals surface area (Å²) < 4.78 is 5.07. The van der Waals surface area contributed by atoms with Crippen LogP contribution in [0.4, 0.5) is 5.69 Å². The smallest absolute Gasteiger partial charge is 0.237 e. The fraction of sp³-hybridized carbons (Fsp3) is 0.385. The Morgan fingerprint density at radius 3 is 2.90 bits per heavy atom. The Kier molecular flexibility index (Phi) is 7.34. The number of nitrogens with zero attached hydrogens (tertiary/aromatic N) is 1. The second-order valence-corrected chi connectivity index (χ2v) is 5.95. The topological polar surface area (TPSA) is 62.7 Å². The van der Waals surface area contributed by atoms with Gasteiger partial charge in [0.05, 0.1) is 23.9 Å². The number of thioether (sulfide) groups is 1. The van der Waals surface area contributed by atoms with Gasteiger partial charge in [0.25, 0.3) is 0 Å². The number of ether oxygens (including phenoxy) is 1. The van der Waals surface area contributed by atoms with Crippen LogP contribution < -0.4 is 15.4 Å². The Bertz CT molecular complexity index is 542. The SMILES string of the molecule is Br.COc1ccc(NC(=O)C(C)SC2=NCCN2)cc1Cl. The molecule has 116 valence electrons. The summed E-state index contributed by atoms with van der Waals surface area (Å²) in [5.74, 6) is 0.490. The van der Waals surface area contributed by atoms with Gasteiger partial charge in [0.1, 0.15) is 5.75 Å². The molecule has 8 heteroatoms. The fourth-order valence-electron chi connectivity index (χ4n) is 1.66. The number of benzene rings is 1. The second-order valence-electron chi connectivity index (χ2n) is 4.21. The van der Waals surface area contributed by atoms with Gasteiger partial charge in [-0.2, -0.15) is 0 Å². The van der Waals surface area contributed by atoms with Crippen molar-refractivity contribution in [2.45, 2.75) is 12.2 Å². The molecule has 1 atom stereocenters. The molecular weight excluding hydrogens is 378 g/mol. The molecule has 0 radical (unpaired) electrons. The third kappa shape index (κ3) is 5.09. The maximum atomic E-state index is 12.1. The van der Waals surface area contributed by atoms with Gasteiger partial charge in [-0.1, -0.05) is 23.4 Å². The van der Waals surface area contributed by atoms with Gasteiger partial charge in [-0.15, -0.1) is 17.0 Å². The van der Waals surface area contributed by atoms with Crippen molar-refractivity contribution in [3.8, 4) is 5.75 Å². The lowest BCUT2D eigenvalue weighted by atomic mass is 10.3. The lowest BCUT2D eigenvalue weighted by Crippen LogP contribution is -2.26. The summed E-state index contributed by atoms with van der Waals surface area (Å²) in [7, 11) is 1.55. The quantitative estimate of drug-likeness (QED) is 0.824. The lowest BCUT2D eigenvalue weighted by molar-refractivity contribution is -0.115. The molecule has 2 rings (SSSR count). The highest BCUT2D eigenvalue weighted by Crippen LogP contribution is 2.27. The van der Waals surface area contributed by atoms with Crippen LogP contribution in [0.3, 0.4) is 0 Å². The normalized spacial score (nSPS) is 14.5. The number of nitrogens with one attached hydrogen (secondary N) is 2. The number of methoxy groups -OCH3 is 1. The van der Waals surface area contributed by atoms with E-state index in [2.05, 4.69) is 15.6 Å². The predicted octanol–water partition coefficient (Wildman–Crippen LogP) is 2.95. The van der Waals surface area contributed by atoms with Crippen molar-refractivity contribution < 1.29 is 9.53 Å². The van der Waals surface area contributed by atoms with Crippen molar-refractivity contribution >= 4 is 57.1 Å². The molecule has 2 N–H and O–H groups in total. The van der Waals surface area contributed by atoms with Crippen molar-refractivity contribution in [2.24, 2.45) is 4.99 Å². The first-order valence-electron chi connectivity index (χ1n) is 6.19. The van der Waals surface area contributed by atoms with Crippen LogP contribution in [0.2, 0.25) is 5.02 Å². The van der Waals surface area contributed by atoms with Gasteiger partial charge < -0.3 is 15.4 Å². The number of aliphatic imine (C=N–C) groups is 1. The van der Waals surface area contributed by atoms with Crippen LogP contribution in [-0.2, 0) is 4.79 Å². The molecule has 0 aromatic heterocycles. The van der Waals surface area contributed by atoms with E-state index in [1.165, 1.54) is 11.8 Å². The van der Waals surface area contributed by atoms with E-state index >= 15 is 0 Å². The van der Waals surface area contributed by atoms with Crippen molar-refractivity contribution in [1.29, 1.82) is 0 Å². The molecule has 1 aromatic rings. The predicted molar refractivity (Wildman–Crippen MR) is 94.3 cm³/mol. The van der Waals surface area contributed by atoms with E-state index in [0.717, 1.165) is 18.3 Å². The van der Waals surface area contributed by atoms with Gasteiger partial charge in [0, 0.05) is 12.2 Å². The Balaban J connectivity index is 0.00000220. The van der Waals surface area contributed by atoms with E-state index < -0.39 is 0 Å². The molecular formula is C13H17BrClN3O2S. The molecule has 21 heavy (non-hydrogen) atoms. The number of halogens is 2. The molecule has 1 aromatic carbocycles. The number of carbonyl (C=O) groups excluding carboxylic acids is 1. The summed E-state index contributed by atoms with van der Waals surface area (Å²) in [4.78, 5) is 16.3. The summed E-state index contributed by atoms with van der Waals surface area (Å²) in [5, 5.41) is 7.00. The summed E-state index contributed by atoms with van der Waals surface area (Å²) in [5.41, 5.74) is 0.648.